The van der Waals surface area contributed by atoms with Crippen LogP contribution in [0.4, 0.5) is 0 Å². The van der Waals surface area contributed by atoms with Gasteiger partial charge in [0.25, 0.3) is 5.91 Å². The smallest absolute Gasteiger partial charge is 0.251 e. The number of hydrogen-bond donors (Lipinski definition) is 2. The number of nitrogens with one attached hydrogen (secondary N) is 1. The van der Waals surface area contributed by atoms with Crippen molar-refractivity contribution >= 4 is 5.91 Å². The molecular formula is C21H25N5O2. The van der Waals surface area contributed by atoms with Gasteiger partial charge in [-0.15, -0.1) is 5.10 Å². The van der Waals surface area contributed by atoms with Gasteiger partial charge in [-0.1, -0.05) is 36.8 Å². The summed E-state index contributed by atoms with van der Waals surface area (Å²) in [6.07, 6.45) is 0.669. The molecule has 2 N–H and O–H groups in total. The normalized spacial score (nSPS) is 11.5. The highest BCUT2D eigenvalue weighted by Crippen LogP contribution is 2.25. The van der Waals surface area contributed by atoms with Crippen molar-refractivity contribution in [1.82, 2.24) is 25.5 Å². The molecule has 0 aliphatic heterocycles. The minimum absolute atomic E-state index is 0.154. The van der Waals surface area contributed by atoms with Crippen molar-refractivity contribution in [3.05, 3.63) is 59.4 Å². The Kier molecular flexibility index (Phi) is 5.56. The van der Waals surface area contributed by atoms with Crippen molar-refractivity contribution in [3.8, 4) is 16.8 Å². The van der Waals surface area contributed by atoms with E-state index in [0.29, 0.717) is 23.5 Å². The zero-order valence-corrected chi connectivity index (χ0v) is 16.6. The lowest BCUT2D eigenvalue weighted by Gasteiger charge is -2.18. The summed E-state index contributed by atoms with van der Waals surface area (Å²) in [5, 5.41) is 24.5. The number of aryl methyl sites for hydroxylation is 2. The monoisotopic (exact) mass is 379 g/mol. The number of rotatable bonds is 6. The van der Waals surface area contributed by atoms with E-state index in [1.807, 2.05) is 50.2 Å². The van der Waals surface area contributed by atoms with E-state index in [0.717, 1.165) is 16.7 Å². The van der Waals surface area contributed by atoms with Gasteiger partial charge in [-0.25, -0.2) is 0 Å². The quantitative estimate of drug-likeness (QED) is 0.687. The number of benzene rings is 2. The highest BCUT2D eigenvalue weighted by Gasteiger charge is 2.17. The Balaban J connectivity index is 2.06. The van der Waals surface area contributed by atoms with Gasteiger partial charge in [0.15, 0.2) is 5.82 Å². The Hall–Kier alpha value is -3.06. The van der Waals surface area contributed by atoms with Crippen LogP contribution in [0.1, 0.15) is 42.5 Å². The standard InChI is InChI=1S/C21H25N5O2/c1-5-19-23-24-25-26(19)18-11-16(15-8-6-14(2)7-9-15)10-17(12-18)20(27)22-13-21(3,4)28/h6-12,28H,5,13H2,1-4H3,(H,22,27). The molecule has 2 aromatic carbocycles. The molecular weight excluding hydrogens is 354 g/mol. The molecule has 0 aliphatic carbocycles. The average Bonchev–Trinajstić information content (AvgIpc) is 3.14. The predicted octanol–water partition coefficient (Wildman–Crippen LogP) is 2.70. The maximum Gasteiger partial charge on any atom is 0.251 e. The van der Waals surface area contributed by atoms with Gasteiger partial charge in [-0.2, -0.15) is 4.68 Å². The molecule has 0 radical (unpaired) electrons. The van der Waals surface area contributed by atoms with Gasteiger partial charge in [0, 0.05) is 18.5 Å². The molecule has 0 aliphatic rings. The van der Waals surface area contributed by atoms with Crippen molar-refractivity contribution < 1.29 is 9.90 Å². The second-order valence-electron chi connectivity index (χ2n) is 7.49. The number of amides is 1. The molecule has 1 aromatic heterocycles. The summed E-state index contributed by atoms with van der Waals surface area (Å²) in [5.41, 5.74) is 3.26. The van der Waals surface area contributed by atoms with Crippen molar-refractivity contribution in [2.75, 3.05) is 6.54 Å². The predicted molar refractivity (Wildman–Crippen MR) is 107 cm³/mol. The molecule has 0 fully saturated rings. The van der Waals surface area contributed by atoms with Crippen LogP contribution in [0.5, 0.6) is 0 Å². The second-order valence-corrected chi connectivity index (χ2v) is 7.49. The minimum atomic E-state index is -0.988. The van der Waals surface area contributed by atoms with Crippen LogP contribution in [0.3, 0.4) is 0 Å². The number of carbonyl (C=O) groups excluding carboxylic acids is 1. The van der Waals surface area contributed by atoms with Gasteiger partial charge in [0.2, 0.25) is 0 Å². The third-order valence-corrected chi connectivity index (χ3v) is 4.34. The Morgan fingerprint density at radius 1 is 1.14 bits per heavy atom. The molecule has 28 heavy (non-hydrogen) atoms. The molecule has 3 rings (SSSR count). The van der Waals surface area contributed by atoms with Crippen molar-refractivity contribution in [3.63, 3.8) is 0 Å². The summed E-state index contributed by atoms with van der Waals surface area (Å²) in [6.45, 7) is 7.46. The van der Waals surface area contributed by atoms with Crippen LogP contribution >= 0.6 is 0 Å². The summed E-state index contributed by atoms with van der Waals surface area (Å²) in [5.74, 6) is 0.451. The Bertz CT molecular complexity index is 971. The largest absolute Gasteiger partial charge is 0.389 e. The van der Waals surface area contributed by atoms with E-state index in [1.165, 1.54) is 0 Å². The van der Waals surface area contributed by atoms with Crippen LogP contribution in [0.2, 0.25) is 0 Å². The van der Waals surface area contributed by atoms with Gasteiger partial charge >= 0.3 is 0 Å². The fourth-order valence-electron chi connectivity index (χ4n) is 2.80. The lowest BCUT2D eigenvalue weighted by molar-refractivity contribution is 0.0694. The van der Waals surface area contributed by atoms with Crippen molar-refractivity contribution in [1.29, 1.82) is 0 Å². The average molecular weight is 379 g/mol. The van der Waals surface area contributed by atoms with Gasteiger partial charge in [-0.05, 0) is 60.5 Å². The van der Waals surface area contributed by atoms with E-state index in [2.05, 4.69) is 20.8 Å². The van der Waals surface area contributed by atoms with Crippen LogP contribution in [-0.4, -0.2) is 43.4 Å². The second kappa shape index (κ2) is 7.90. The third kappa shape index (κ3) is 4.61. The zero-order valence-electron chi connectivity index (χ0n) is 16.6. The molecule has 7 nitrogen and oxygen atoms in total. The minimum Gasteiger partial charge on any atom is -0.389 e. The SMILES string of the molecule is CCc1nnnn1-c1cc(C(=O)NCC(C)(C)O)cc(-c2ccc(C)cc2)c1. The summed E-state index contributed by atoms with van der Waals surface area (Å²) in [7, 11) is 0. The highest BCUT2D eigenvalue weighted by atomic mass is 16.3. The zero-order chi connectivity index (χ0) is 20.3. The molecule has 0 spiro atoms. The molecule has 0 saturated carbocycles. The first-order valence-electron chi connectivity index (χ1n) is 9.27. The molecule has 1 heterocycles. The number of aliphatic hydroxyl groups is 1. The van der Waals surface area contributed by atoms with Crippen LogP contribution in [0, 0.1) is 6.92 Å². The first kappa shape index (κ1) is 19.7. The van der Waals surface area contributed by atoms with Crippen LogP contribution in [-0.2, 0) is 6.42 Å². The summed E-state index contributed by atoms with van der Waals surface area (Å²) in [6, 6.07) is 13.7. The molecule has 0 unspecified atom stereocenters. The lowest BCUT2D eigenvalue weighted by Crippen LogP contribution is -2.38. The highest BCUT2D eigenvalue weighted by molar-refractivity contribution is 5.96. The van der Waals surface area contributed by atoms with Crippen LogP contribution < -0.4 is 5.32 Å². The summed E-state index contributed by atoms with van der Waals surface area (Å²) < 4.78 is 1.64. The molecule has 0 bridgehead atoms. The Morgan fingerprint density at radius 2 is 1.86 bits per heavy atom. The van der Waals surface area contributed by atoms with E-state index in [4.69, 9.17) is 0 Å². The van der Waals surface area contributed by atoms with Gasteiger partial charge in [0.05, 0.1) is 11.3 Å². The Morgan fingerprint density at radius 3 is 2.50 bits per heavy atom. The Labute approximate surface area is 164 Å². The third-order valence-electron chi connectivity index (χ3n) is 4.34. The first-order valence-corrected chi connectivity index (χ1v) is 9.27. The van der Waals surface area contributed by atoms with Crippen LogP contribution in [0.25, 0.3) is 16.8 Å². The van der Waals surface area contributed by atoms with Crippen molar-refractivity contribution in [2.45, 2.75) is 39.7 Å². The first-order chi connectivity index (χ1) is 13.3. The topological polar surface area (TPSA) is 92.9 Å². The van der Waals surface area contributed by atoms with E-state index in [9.17, 15) is 9.90 Å². The van der Waals surface area contributed by atoms with E-state index in [1.54, 1.807) is 24.6 Å². The van der Waals surface area contributed by atoms with Crippen molar-refractivity contribution in [2.24, 2.45) is 0 Å². The molecule has 0 saturated heterocycles. The summed E-state index contributed by atoms with van der Waals surface area (Å²) in [4.78, 5) is 12.7. The number of aromatic nitrogens is 4. The number of nitrogens with zero attached hydrogens (tertiary/aromatic N) is 4. The van der Waals surface area contributed by atoms with E-state index in [-0.39, 0.29) is 12.5 Å². The number of hydrogen-bond acceptors (Lipinski definition) is 5. The van der Waals surface area contributed by atoms with Gasteiger partial charge < -0.3 is 10.4 Å². The maximum absolute atomic E-state index is 12.7. The van der Waals surface area contributed by atoms with Crippen LogP contribution in [0.15, 0.2) is 42.5 Å². The fraction of sp³-hybridized carbons (Fsp3) is 0.333. The lowest BCUT2D eigenvalue weighted by atomic mass is 10.0. The van der Waals surface area contributed by atoms with E-state index >= 15 is 0 Å². The number of carbonyl (C=O) groups is 1. The molecule has 3 aromatic rings. The fourth-order valence-corrected chi connectivity index (χ4v) is 2.80. The summed E-state index contributed by atoms with van der Waals surface area (Å²) >= 11 is 0. The number of tetrazole rings is 1. The van der Waals surface area contributed by atoms with Gasteiger partial charge in [0.1, 0.15) is 0 Å². The molecule has 1 amide bonds. The van der Waals surface area contributed by atoms with E-state index < -0.39 is 5.60 Å². The maximum atomic E-state index is 12.7. The molecule has 7 heteroatoms. The molecule has 146 valence electrons. The molecule has 0 atom stereocenters. The van der Waals surface area contributed by atoms with Gasteiger partial charge in [-0.3, -0.25) is 4.79 Å².